The summed E-state index contributed by atoms with van der Waals surface area (Å²) in [5.41, 5.74) is 3.77. The molecule has 5 heteroatoms. The molecule has 0 aliphatic carbocycles. The molecule has 2 heterocycles. The van der Waals surface area contributed by atoms with Gasteiger partial charge in [-0.25, -0.2) is 0 Å². The van der Waals surface area contributed by atoms with E-state index in [0.29, 0.717) is 12.2 Å². The minimum atomic E-state index is -0.200. The van der Waals surface area contributed by atoms with Crippen LogP contribution in [0, 0.1) is 0 Å². The van der Waals surface area contributed by atoms with Crippen LogP contribution in [-0.2, 0) is 4.79 Å². The van der Waals surface area contributed by atoms with Gasteiger partial charge in [0, 0.05) is 11.5 Å². The van der Waals surface area contributed by atoms with Crippen LogP contribution in [0.3, 0.4) is 0 Å². The number of rotatable bonds is 1. The zero-order valence-electron chi connectivity index (χ0n) is 10.4. The number of hydrogen-bond donors (Lipinski definition) is 0. The summed E-state index contributed by atoms with van der Waals surface area (Å²) in [5.74, 6) is 0.393. The van der Waals surface area contributed by atoms with Crippen LogP contribution in [0.15, 0.2) is 42.5 Å². The van der Waals surface area contributed by atoms with E-state index in [2.05, 4.69) is 8.75 Å². The SMILES string of the molecule is O=C1C[C@H](c2ccccc2)c2c(ccc3nsnc23)O1. The second kappa shape index (κ2) is 4.38. The summed E-state index contributed by atoms with van der Waals surface area (Å²) in [6.45, 7) is 0. The van der Waals surface area contributed by atoms with E-state index in [-0.39, 0.29) is 11.9 Å². The van der Waals surface area contributed by atoms with Crippen LogP contribution >= 0.6 is 11.7 Å². The number of carbonyl (C=O) groups is 1. The molecule has 1 aliphatic rings. The molecule has 4 nitrogen and oxygen atoms in total. The molecule has 1 aromatic heterocycles. The molecule has 0 bridgehead atoms. The number of esters is 1. The molecule has 0 unspecified atom stereocenters. The maximum atomic E-state index is 11.8. The molecule has 20 heavy (non-hydrogen) atoms. The predicted octanol–water partition coefficient (Wildman–Crippen LogP) is 3.13. The van der Waals surface area contributed by atoms with Gasteiger partial charge in [-0.2, -0.15) is 8.75 Å². The van der Waals surface area contributed by atoms with Crippen LogP contribution < -0.4 is 4.74 Å². The molecule has 98 valence electrons. The van der Waals surface area contributed by atoms with Crippen molar-refractivity contribution in [1.82, 2.24) is 8.75 Å². The van der Waals surface area contributed by atoms with Crippen molar-refractivity contribution in [3.05, 3.63) is 53.6 Å². The number of benzene rings is 2. The molecule has 0 saturated heterocycles. The van der Waals surface area contributed by atoms with Gasteiger partial charge in [0.25, 0.3) is 0 Å². The van der Waals surface area contributed by atoms with Gasteiger partial charge in [0.1, 0.15) is 16.8 Å². The molecule has 0 spiro atoms. The summed E-state index contributed by atoms with van der Waals surface area (Å²) in [7, 11) is 0. The zero-order chi connectivity index (χ0) is 13.5. The van der Waals surface area contributed by atoms with Gasteiger partial charge in [-0.3, -0.25) is 4.79 Å². The highest BCUT2D eigenvalue weighted by Crippen LogP contribution is 2.42. The van der Waals surface area contributed by atoms with E-state index in [1.807, 2.05) is 42.5 Å². The van der Waals surface area contributed by atoms with Crippen LogP contribution in [0.4, 0.5) is 0 Å². The first-order valence-electron chi connectivity index (χ1n) is 6.34. The summed E-state index contributed by atoms with van der Waals surface area (Å²) in [5, 5.41) is 0. The summed E-state index contributed by atoms with van der Waals surface area (Å²) in [6.07, 6.45) is 0.341. The molecule has 0 fully saturated rings. The Kier molecular flexibility index (Phi) is 2.53. The maximum Gasteiger partial charge on any atom is 0.312 e. The van der Waals surface area contributed by atoms with Gasteiger partial charge < -0.3 is 4.74 Å². The molecule has 0 N–H and O–H groups in total. The second-order valence-electron chi connectivity index (χ2n) is 4.75. The van der Waals surface area contributed by atoms with Gasteiger partial charge in [0.2, 0.25) is 0 Å². The third kappa shape index (κ3) is 1.71. The largest absolute Gasteiger partial charge is 0.426 e. The Balaban J connectivity index is 1.99. The van der Waals surface area contributed by atoms with E-state index in [1.165, 1.54) is 11.7 Å². The maximum absolute atomic E-state index is 11.8. The van der Waals surface area contributed by atoms with Crippen molar-refractivity contribution >= 4 is 28.7 Å². The second-order valence-corrected chi connectivity index (χ2v) is 5.28. The Morgan fingerprint density at radius 1 is 1.10 bits per heavy atom. The fraction of sp³-hybridized carbons (Fsp3) is 0.133. The highest BCUT2D eigenvalue weighted by molar-refractivity contribution is 7.00. The molecule has 4 rings (SSSR count). The standard InChI is InChI=1S/C15H10N2O2S/c18-13-8-10(9-4-2-1-3-5-9)14-12(19-13)7-6-11-15(14)17-20-16-11/h1-7,10H,8H2/t10-/m1/s1. The predicted molar refractivity (Wildman–Crippen MR) is 76.0 cm³/mol. The van der Waals surface area contributed by atoms with Crippen molar-refractivity contribution in [2.45, 2.75) is 12.3 Å². The number of fused-ring (bicyclic) bond motifs is 3. The first-order valence-corrected chi connectivity index (χ1v) is 7.07. The normalized spacial score (nSPS) is 17.8. The first-order chi connectivity index (χ1) is 9.83. The molecule has 3 aromatic rings. The average molecular weight is 282 g/mol. The Labute approximate surface area is 119 Å². The van der Waals surface area contributed by atoms with Crippen LogP contribution in [0.1, 0.15) is 23.5 Å². The Hall–Kier alpha value is -2.27. The Bertz CT molecular complexity index is 798. The lowest BCUT2D eigenvalue weighted by Gasteiger charge is -2.24. The fourth-order valence-electron chi connectivity index (χ4n) is 2.68. The van der Waals surface area contributed by atoms with Crippen molar-refractivity contribution < 1.29 is 9.53 Å². The number of ether oxygens (including phenoxy) is 1. The van der Waals surface area contributed by atoms with Crippen molar-refractivity contribution in [1.29, 1.82) is 0 Å². The van der Waals surface area contributed by atoms with Gasteiger partial charge in [-0.05, 0) is 17.7 Å². The lowest BCUT2D eigenvalue weighted by molar-refractivity contribution is -0.135. The summed E-state index contributed by atoms with van der Waals surface area (Å²) >= 11 is 1.18. The molecule has 1 aliphatic heterocycles. The third-order valence-corrected chi connectivity index (χ3v) is 4.11. The highest BCUT2D eigenvalue weighted by Gasteiger charge is 2.31. The van der Waals surface area contributed by atoms with Gasteiger partial charge in [0.15, 0.2) is 0 Å². The summed E-state index contributed by atoms with van der Waals surface area (Å²) in [4.78, 5) is 11.8. The van der Waals surface area contributed by atoms with E-state index in [1.54, 1.807) is 0 Å². The number of nitrogens with zero attached hydrogens (tertiary/aromatic N) is 2. The minimum Gasteiger partial charge on any atom is -0.426 e. The van der Waals surface area contributed by atoms with Crippen LogP contribution in [0.25, 0.3) is 11.0 Å². The van der Waals surface area contributed by atoms with Gasteiger partial charge in [-0.1, -0.05) is 30.3 Å². The molecule has 2 aromatic carbocycles. The third-order valence-electron chi connectivity index (χ3n) is 3.57. The number of hydrogen-bond acceptors (Lipinski definition) is 5. The van der Waals surface area contributed by atoms with Crippen molar-refractivity contribution in [3.63, 3.8) is 0 Å². The minimum absolute atomic E-state index is 0.0138. The van der Waals surface area contributed by atoms with Crippen molar-refractivity contribution in [2.75, 3.05) is 0 Å². The number of aromatic nitrogens is 2. The quantitative estimate of drug-likeness (QED) is 0.508. The molecule has 0 saturated carbocycles. The average Bonchev–Trinajstić information content (AvgIpc) is 2.95. The smallest absolute Gasteiger partial charge is 0.312 e. The van der Waals surface area contributed by atoms with Crippen molar-refractivity contribution in [2.24, 2.45) is 0 Å². The van der Waals surface area contributed by atoms with E-state index < -0.39 is 0 Å². The van der Waals surface area contributed by atoms with E-state index in [9.17, 15) is 4.79 Å². The Morgan fingerprint density at radius 3 is 2.80 bits per heavy atom. The van der Waals surface area contributed by atoms with Gasteiger partial charge in [-0.15, -0.1) is 0 Å². The first kappa shape index (κ1) is 11.5. The van der Waals surface area contributed by atoms with Crippen LogP contribution in [-0.4, -0.2) is 14.7 Å². The number of carbonyl (C=O) groups excluding carboxylic acids is 1. The van der Waals surface area contributed by atoms with Gasteiger partial charge in [0.05, 0.1) is 18.1 Å². The van der Waals surface area contributed by atoms with E-state index in [4.69, 9.17) is 4.74 Å². The molecule has 0 amide bonds. The zero-order valence-corrected chi connectivity index (χ0v) is 11.3. The lowest BCUT2D eigenvalue weighted by atomic mass is 9.85. The summed E-state index contributed by atoms with van der Waals surface area (Å²) < 4.78 is 14.0. The molecular formula is C15H10N2O2S. The highest BCUT2D eigenvalue weighted by atomic mass is 32.1. The monoisotopic (exact) mass is 282 g/mol. The summed E-state index contributed by atoms with van der Waals surface area (Å²) in [6, 6.07) is 13.7. The van der Waals surface area contributed by atoms with E-state index in [0.717, 1.165) is 22.2 Å². The van der Waals surface area contributed by atoms with Crippen LogP contribution in [0.2, 0.25) is 0 Å². The van der Waals surface area contributed by atoms with E-state index >= 15 is 0 Å². The molecule has 0 radical (unpaired) electrons. The lowest BCUT2D eigenvalue weighted by Crippen LogP contribution is -2.21. The molecular weight excluding hydrogens is 272 g/mol. The molecule has 1 atom stereocenters. The Morgan fingerprint density at radius 2 is 1.95 bits per heavy atom. The van der Waals surface area contributed by atoms with Crippen molar-refractivity contribution in [3.8, 4) is 5.75 Å². The van der Waals surface area contributed by atoms with Gasteiger partial charge >= 0.3 is 5.97 Å². The topological polar surface area (TPSA) is 52.1 Å². The fourth-order valence-corrected chi connectivity index (χ4v) is 3.23. The van der Waals surface area contributed by atoms with Crippen LogP contribution in [0.5, 0.6) is 5.75 Å².